The summed E-state index contributed by atoms with van der Waals surface area (Å²) in [6, 6.07) is 5.26. The van der Waals surface area contributed by atoms with Crippen molar-refractivity contribution in [2.45, 2.75) is 38.1 Å². The lowest BCUT2D eigenvalue weighted by Gasteiger charge is -2.24. The van der Waals surface area contributed by atoms with Gasteiger partial charge in [-0.1, -0.05) is 31.5 Å². The zero-order chi connectivity index (χ0) is 18.5. The number of benzene rings is 1. The van der Waals surface area contributed by atoms with Crippen LogP contribution in [0.4, 0.5) is 0 Å². The fraction of sp³-hybridized carbons (Fsp3) is 0.500. The van der Waals surface area contributed by atoms with Crippen LogP contribution in [-0.2, 0) is 19.6 Å². The molecular formula is C16H24N2O5S. The first-order valence-corrected chi connectivity index (χ1v) is 9.07. The molecule has 1 rings (SSSR count). The zero-order valence-corrected chi connectivity index (χ0v) is 15.1. The lowest BCUT2D eigenvalue weighted by molar-refractivity contribution is -0.144. The number of carboxylic acids is 1. The zero-order valence-electron chi connectivity index (χ0n) is 14.3. The molecule has 0 spiro atoms. The summed E-state index contributed by atoms with van der Waals surface area (Å²) in [7, 11) is -2.54. The van der Waals surface area contributed by atoms with E-state index in [-0.39, 0.29) is 17.2 Å². The Balaban J connectivity index is 3.02. The van der Waals surface area contributed by atoms with Crippen LogP contribution in [0.15, 0.2) is 29.2 Å². The third kappa shape index (κ3) is 5.93. The molecule has 0 bridgehead atoms. The number of aliphatic carboxylic acids is 1. The smallest absolute Gasteiger partial charge is 0.323 e. The largest absolute Gasteiger partial charge is 0.480 e. The Bertz CT molecular complexity index is 683. The summed E-state index contributed by atoms with van der Waals surface area (Å²) in [4.78, 5) is 24.3. The molecule has 1 amide bonds. The van der Waals surface area contributed by atoms with Crippen molar-refractivity contribution < 1.29 is 23.1 Å². The highest BCUT2D eigenvalue weighted by Crippen LogP contribution is 2.14. The second-order valence-electron chi connectivity index (χ2n) is 6.20. The predicted octanol–water partition coefficient (Wildman–Crippen LogP) is 1.23. The number of nitrogens with zero attached hydrogens (tertiary/aromatic N) is 1. The Morgan fingerprint density at radius 2 is 1.75 bits per heavy atom. The summed E-state index contributed by atoms with van der Waals surface area (Å²) >= 11 is 0. The number of carbonyl (C=O) groups is 2. The van der Waals surface area contributed by atoms with Gasteiger partial charge in [-0.3, -0.25) is 9.59 Å². The topological polar surface area (TPSA) is 104 Å². The minimum atomic E-state index is -3.87. The van der Waals surface area contributed by atoms with Gasteiger partial charge in [0.15, 0.2) is 0 Å². The van der Waals surface area contributed by atoms with Gasteiger partial charge in [0.1, 0.15) is 12.6 Å². The van der Waals surface area contributed by atoms with Crippen LogP contribution in [0.25, 0.3) is 0 Å². The number of rotatable bonds is 8. The third-order valence-electron chi connectivity index (χ3n) is 3.38. The van der Waals surface area contributed by atoms with Crippen LogP contribution in [0.2, 0.25) is 0 Å². The second-order valence-corrected chi connectivity index (χ2v) is 7.92. The minimum absolute atomic E-state index is 0.0536. The summed E-state index contributed by atoms with van der Waals surface area (Å²) in [5, 5.41) is 8.80. The molecule has 0 aliphatic carbocycles. The number of nitrogens with one attached hydrogen (secondary N) is 1. The maximum atomic E-state index is 12.5. The molecule has 1 unspecified atom stereocenters. The van der Waals surface area contributed by atoms with E-state index in [1.807, 2.05) is 20.8 Å². The molecule has 0 saturated carbocycles. The van der Waals surface area contributed by atoms with E-state index in [4.69, 9.17) is 5.11 Å². The van der Waals surface area contributed by atoms with Crippen LogP contribution in [0, 0.1) is 12.8 Å². The average Bonchev–Trinajstić information content (AvgIpc) is 2.44. The molecule has 1 atom stereocenters. The van der Waals surface area contributed by atoms with Crippen LogP contribution in [0.1, 0.15) is 25.8 Å². The fourth-order valence-electron chi connectivity index (χ4n) is 2.19. The lowest BCUT2D eigenvalue weighted by atomic mass is 10.0. The van der Waals surface area contributed by atoms with Gasteiger partial charge in [0.05, 0.1) is 4.90 Å². The van der Waals surface area contributed by atoms with Gasteiger partial charge < -0.3 is 10.0 Å². The van der Waals surface area contributed by atoms with Crippen molar-refractivity contribution in [2.75, 3.05) is 13.6 Å². The first-order valence-electron chi connectivity index (χ1n) is 7.58. The molecule has 24 heavy (non-hydrogen) atoms. The Labute approximate surface area is 142 Å². The number of aryl methyl sites for hydroxylation is 1. The van der Waals surface area contributed by atoms with E-state index in [1.54, 1.807) is 12.1 Å². The molecule has 0 radical (unpaired) electrons. The van der Waals surface area contributed by atoms with Gasteiger partial charge in [-0.25, -0.2) is 8.42 Å². The van der Waals surface area contributed by atoms with E-state index in [1.165, 1.54) is 19.2 Å². The monoisotopic (exact) mass is 356 g/mol. The van der Waals surface area contributed by atoms with E-state index >= 15 is 0 Å². The molecule has 134 valence electrons. The van der Waals surface area contributed by atoms with Crippen LogP contribution in [0.5, 0.6) is 0 Å². The van der Waals surface area contributed by atoms with Crippen molar-refractivity contribution >= 4 is 21.9 Å². The maximum absolute atomic E-state index is 12.5. The molecule has 0 aromatic heterocycles. The lowest BCUT2D eigenvalue weighted by Crippen LogP contribution is -2.49. The van der Waals surface area contributed by atoms with E-state index < -0.39 is 34.5 Å². The molecule has 7 nitrogen and oxygen atoms in total. The molecule has 1 aromatic rings. The maximum Gasteiger partial charge on any atom is 0.323 e. The van der Waals surface area contributed by atoms with Crippen molar-refractivity contribution in [3.63, 3.8) is 0 Å². The Hall–Kier alpha value is -1.93. The number of hydrogen-bond donors (Lipinski definition) is 2. The number of sulfonamides is 1. The van der Waals surface area contributed by atoms with Crippen LogP contribution in [-0.4, -0.2) is 49.9 Å². The van der Waals surface area contributed by atoms with Gasteiger partial charge in [-0.15, -0.1) is 0 Å². The summed E-state index contributed by atoms with van der Waals surface area (Å²) in [5.41, 5.74) is 0.921. The van der Waals surface area contributed by atoms with Gasteiger partial charge in [0.2, 0.25) is 15.9 Å². The molecule has 0 aliphatic heterocycles. The van der Waals surface area contributed by atoms with E-state index in [0.29, 0.717) is 0 Å². The molecular weight excluding hydrogens is 332 g/mol. The summed E-state index contributed by atoms with van der Waals surface area (Å²) < 4.78 is 27.4. The van der Waals surface area contributed by atoms with Crippen molar-refractivity contribution in [1.29, 1.82) is 0 Å². The third-order valence-corrected chi connectivity index (χ3v) is 4.87. The summed E-state index contributed by atoms with van der Waals surface area (Å²) in [6.07, 6.45) is 0.272. The molecule has 2 N–H and O–H groups in total. The normalized spacial score (nSPS) is 12.9. The first-order chi connectivity index (χ1) is 11.0. The molecule has 1 aromatic carbocycles. The fourth-order valence-corrected chi connectivity index (χ4v) is 3.39. The number of carbonyl (C=O) groups excluding carboxylic acids is 1. The van der Waals surface area contributed by atoms with Gasteiger partial charge in [-0.2, -0.15) is 4.72 Å². The molecule has 8 heteroatoms. The van der Waals surface area contributed by atoms with Gasteiger partial charge in [-0.05, 0) is 31.4 Å². The standard InChI is InChI=1S/C16H24N2O5S/c1-11(2)9-14(16(21)18(4)10-15(19)20)17-24(22,23)13-7-5-12(3)6-8-13/h5-8,11,14,17H,9-10H2,1-4H3,(H,19,20). The molecule has 0 heterocycles. The number of likely N-dealkylation sites (N-methyl/N-ethyl adjacent to an activating group) is 1. The average molecular weight is 356 g/mol. The second kappa shape index (κ2) is 8.25. The number of hydrogen-bond acceptors (Lipinski definition) is 4. The molecule has 0 fully saturated rings. The van der Waals surface area contributed by atoms with E-state index in [2.05, 4.69) is 4.72 Å². The SMILES string of the molecule is Cc1ccc(S(=O)(=O)NC(CC(C)C)C(=O)N(C)CC(=O)O)cc1. The Morgan fingerprint density at radius 1 is 1.21 bits per heavy atom. The van der Waals surface area contributed by atoms with Gasteiger partial charge in [0.25, 0.3) is 0 Å². The van der Waals surface area contributed by atoms with Crippen molar-refractivity contribution in [1.82, 2.24) is 9.62 Å². The minimum Gasteiger partial charge on any atom is -0.480 e. The Morgan fingerprint density at radius 3 is 2.21 bits per heavy atom. The molecule has 0 saturated heterocycles. The number of carboxylic acid groups (broad SMARTS) is 1. The van der Waals surface area contributed by atoms with Crippen molar-refractivity contribution in [2.24, 2.45) is 5.92 Å². The van der Waals surface area contributed by atoms with Crippen LogP contribution >= 0.6 is 0 Å². The van der Waals surface area contributed by atoms with Crippen LogP contribution < -0.4 is 4.72 Å². The van der Waals surface area contributed by atoms with Gasteiger partial charge >= 0.3 is 5.97 Å². The van der Waals surface area contributed by atoms with E-state index in [0.717, 1.165) is 10.5 Å². The molecule has 0 aliphatic rings. The number of amides is 1. The predicted molar refractivity (Wildman–Crippen MR) is 90.0 cm³/mol. The Kier molecular flexibility index (Phi) is 6.92. The summed E-state index contributed by atoms with van der Waals surface area (Å²) in [5.74, 6) is -1.67. The van der Waals surface area contributed by atoms with Gasteiger partial charge in [0, 0.05) is 7.05 Å². The highest BCUT2D eigenvalue weighted by atomic mass is 32.2. The van der Waals surface area contributed by atoms with Crippen molar-refractivity contribution in [3.8, 4) is 0 Å². The van der Waals surface area contributed by atoms with E-state index in [9.17, 15) is 18.0 Å². The quantitative estimate of drug-likeness (QED) is 0.729. The first kappa shape index (κ1) is 20.1. The summed E-state index contributed by atoms with van der Waals surface area (Å²) in [6.45, 7) is 5.07. The van der Waals surface area contributed by atoms with Crippen molar-refractivity contribution in [3.05, 3.63) is 29.8 Å². The highest BCUT2D eigenvalue weighted by molar-refractivity contribution is 7.89. The highest BCUT2D eigenvalue weighted by Gasteiger charge is 2.29. The van der Waals surface area contributed by atoms with Crippen LogP contribution in [0.3, 0.4) is 0 Å².